The molecule has 3 heterocycles. The van der Waals surface area contributed by atoms with Crippen molar-refractivity contribution < 1.29 is 19.1 Å². The number of ether oxygens (including phenoxy) is 2. The number of carbonyl (C=O) groups is 2. The Morgan fingerprint density at radius 3 is 2.29 bits per heavy atom. The molecule has 7 nitrogen and oxygen atoms in total. The molecule has 0 bridgehead atoms. The summed E-state index contributed by atoms with van der Waals surface area (Å²) in [6.07, 6.45) is 2.25. The summed E-state index contributed by atoms with van der Waals surface area (Å²) in [6, 6.07) is 16.2. The number of Topliss-reactive ketones (excluding diaryl/α,β-unsaturated/α-hetero) is 1. The first kappa shape index (κ1) is 23.1. The number of benzene rings is 2. The number of fused-ring (bicyclic) bond motifs is 2. The van der Waals surface area contributed by atoms with E-state index in [4.69, 9.17) is 9.47 Å². The van der Waals surface area contributed by atoms with Gasteiger partial charge in [-0.1, -0.05) is 24.3 Å². The predicted molar refractivity (Wildman–Crippen MR) is 134 cm³/mol. The molecule has 0 N–H and O–H groups in total. The zero-order valence-corrected chi connectivity index (χ0v) is 20.0. The number of nitrogens with zero attached hydrogens (tertiary/aromatic N) is 2. The highest BCUT2D eigenvalue weighted by molar-refractivity contribution is 5.99. The molecule has 5 rings (SSSR count). The standard InChI is InChI=1S/C28H28N2O5/c1-18-14-23(19(2)29(18)15-20-8-7-13-34-20)26(31)17-35-27(32)16-30-24-11-5-3-9-21(24)28(33)22-10-4-6-12-25(22)30/h3-6,9-12,14,20H,7-8,13,15-17H2,1-2H3. The van der Waals surface area contributed by atoms with Gasteiger partial charge in [-0.2, -0.15) is 0 Å². The van der Waals surface area contributed by atoms with Gasteiger partial charge in [-0.25, -0.2) is 0 Å². The molecule has 1 unspecified atom stereocenters. The summed E-state index contributed by atoms with van der Waals surface area (Å²) in [6.45, 7) is 4.95. The number of carbonyl (C=O) groups excluding carboxylic acids is 2. The van der Waals surface area contributed by atoms with Crippen molar-refractivity contribution in [3.05, 3.63) is 81.8 Å². The maximum Gasteiger partial charge on any atom is 0.326 e. The fourth-order valence-corrected chi connectivity index (χ4v) is 5.00. The zero-order chi connectivity index (χ0) is 24.5. The minimum atomic E-state index is -0.537. The van der Waals surface area contributed by atoms with Crippen LogP contribution < -0.4 is 5.43 Å². The summed E-state index contributed by atoms with van der Waals surface area (Å²) in [5, 5.41) is 1.07. The lowest BCUT2D eigenvalue weighted by molar-refractivity contribution is -0.143. The van der Waals surface area contributed by atoms with Gasteiger partial charge >= 0.3 is 5.97 Å². The highest BCUT2D eigenvalue weighted by Gasteiger charge is 2.22. The Labute approximate surface area is 202 Å². The minimum Gasteiger partial charge on any atom is -0.456 e. The summed E-state index contributed by atoms with van der Waals surface area (Å²) >= 11 is 0. The first-order chi connectivity index (χ1) is 16.9. The number of pyridine rings is 1. The Kier molecular flexibility index (Phi) is 6.26. The SMILES string of the molecule is Cc1cc(C(=O)COC(=O)Cn2c3ccccc3c(=O)c3ccccc32)c(C)n1CC1CCCO1. The number of hydrogen-bond donors (Lipinski definition) is 0. The molecule has 1 aliphatic rings. The molecule has 0 aliphatic carbocycles. The molecule has 0 radical (unpaired) electrons. The first-order valence-electron chi connectivity index (χ1n) is 11.9. The lowest BCUT2D eigenvalue weighted by Gasteiger charge is -2.15. The largest absolute Gasteiger partial charge is 0.456 e. The van der Waals surface area contributed by atoms with Crippen LogP contribution in [0.15, 0.2) is 59.4 Å². The van der Waals surface area contributed by atoms with Gasteiger partial charge in [0, 0.05) is 40.9 Å². The molecule has 1 saturated heterocycles. The molecule has 1 fully saturated rings. The maximum atomic E-state index is 12.9. The lowest BCUT2D eigenvalue weighted by atomic mass is 10.1. The van der Waals surface area contributed by atoms with Crippen LogP contribution in [0, 0.1) is 13.8 Å². The van der Waals surface area contributed by atoms with Crippen molar-refractivity contribution in [2.45, 2.75) is 45.9 Å². The van der Waals surface area contributed by atoms with E-state index in [-0.39, 0.29) is 30.5 Å². The molecule has 1 atom stereocenters. The second-order valence-electron chi connectivity index (χ2n) is 9.06. The van der Waals surface area contributed by atoms with Crippen LogP contribution in [0.25, 0.3) is 21.8 Å². The van der Waals surface area contributed by atoms with Crippen molar-refractivity contribution in [2.24, 2.45) is 0 Å². The fourth-order valence-electron chi connectivity index (χ4n) is 5.00. The van der Waals surface area contributed by atoms with Gasteiger partial charge in [-0.15, -0.1) is 0 Å². The summed E-state index contributed by atoms with van der Waals surface area (Å²) in [4.78, 5) is 38.6. The van der Waals surface area contributed by atoms with E-state index < -0.39 is 5.97 Å². The van der Waals surface area contributed by atoms with Crippen molar-refractivity contribution in [1.29, 1.82) is 0 Å². The second-order valence-corrected chi connectivity index (χ2v) is 9.06. The van der Waals surface area contributed by atoms with Gasteiger partial charge in [0.1, 0.15) is 6.54 Å². The molecule has 2 aromatic carbocycles. The van der Waals surface area contributed by atoms with Crippen molar-refractivity contribution >= 4 is 33.6 Å². The highest BCUT2D eigenvalue weighted by atomic mass is 16.5. The van der Waals surface area contributed by atoms with E-state index in [2.05, 4.69) is 4.57 Å². The molecule has 0 spiro atoms. The number of esters is 1. The maximum absolute atomic E-state index is 12.9. The summed E-state index contributed by atoms with van der Waals surface area (Å²) in [5.74, 6) is -0.773. The van der Waals surface area contributed by atoms with E-state index >= 15 is 0 Å². The topological polar surface area (TPSA) is 79.5 Å². The molecule has 4 aromatic rings. The van der Waals surface area contributed by atoms with Crippen molar-refractivity contribution in [2.75, 3.05) is 13.2 Å². The van der Waals surface area contributed by atoms with E-state index in [1.807, 2.05) is 44.2 Å². The molecular formula is C28H28N2O5. The zero-order valence-electron chi connectivity index (χ0n) is 20.0. The van der Waals surface area contributed by atoms with E-state index in [0.29, 0.717) is 27.4 Å². The Hall–Kier alpha value is -3.71. The Morgan fingerprint density at radius 2 is 1.66 bits per heavy atom. The average Bonchev–Trinajstić information content (AvgIpc) is 3.49. The van der Waals surface area contributed by atoms with Crippen LogP contribution in [0.4, 0.5) is 0 Å². The lowest BCUT2D eigenvalue weighted by Crippen LogP contribution is -2.21. The number of hydrogen-bond acceptors (Lipinski definition) is 5. The molecule has 0 amide bonds. The van der Waals surface area contributed by atoms with Gasteiger partial charge in [0.15, 0.2) is 12.0 Å². The predicted octanol–water partition coefficient (Wildman–Crippen LogP) is 4.18. The summed E-state index contributed by atoms with van der Waals surface area (Å²) < 4.78 is 15.0. The Bertz CT molecular complexity index is 1430. The second kappa shape index (κ2) is 9.50. The average molecular weight is 473 g/mol. The molecule has 7 heteroatoms. The third-order valence-corrected chi connectivity index (χ3v) is 6.81. The van der Waals surface area contributed by atoms with E-state index in [9.17, 15) is 14.4 Å². The molecule has 2 aromatic heterocycles. The van der Waals surface area contributed by atoms with Crippen LogP contribution in [0.2, 0.25) is 0 Å². The van der Waals surface area contributed by atoms with Crippen LogP contribution in [-0.4, -0.2) is 40.2 Å². The first-order valence-corrected chi connectivity index (χ1v) is 11.9. The monoisotopic (exact) mass is 472 g/mol. The molecule has 1 aliphatic heterocycles. The van der Waals surface area contributed by atoms with Crippen molar-refractivity contribution in [1.82, 2.24) is 9.13 Å². The number of aryl methyl sites for hydroxylation is 1. The molecule has 35 heavy (non-hydrogen) atoms. The van der Waals surface area contributed by atoms with E-state index in [1.54, 1.807) is 28.8 Å². The molecule has 180 valence electrons. The number of rotatable bonds is 7. The van der Waals surface area contributed by atoms with Crippen LogP contribution in [0.1, 0.15) is 34.6 Å². The van der Waals surface area contributed by atoms with Crippen LogP contribution in [0.3, 0.4) is 0 Å². The van der Waals surface area contributed by atoms with Gasteiger partial charge in [-0.05, 0) is 57.0 Å². The van der Waals surface area contributed by atoms with Gasteiger partial charge in [-0.3, -0.25) is 14.4 Å². The third-order valence-electron chi connectivity index (χ3n) is 6.81. The van der Waals surface area contributed by atoms with Gasteiger partial charge < -0.3 is 18.6 Å². The van der Waals surface area contributed by atoms with E-state index in [0.717, 1.165) is 37.4 Å². The van der Waals surface area contributed by atoms with E-state index in [1.165, 1.54) is 0 Å². The van der Waals surface area contributed by atoms with Crippen molar-refractivity contribution in [3.63, 3.8) is 0 Å². The van der Waals surface area contributed by atoms with Crippen LogP contribution in [-0.2, 0) is 27.4 Å². The van der Waals surface area contributed by atoms with Gasteiger partial charge in [0.05, 0.1) is 17.1 Å². The van der Waals surface area contributed by atoms with Gasteiger partial charge in [0.2, 0.25) is 5.78 Å². The van der Waals surface area contributed by atoms with Crippen LogP contribution >= 0.6 is 0 Å². The fraction of sp³-hybridized carbons (Fsp3) is 0.321. The van der Waals surface area contributed by atoms with Gasteiger partial charge in [0.25, 0.3) is 0 Å². The summed E-state index contributed by atoms with van der Waals surface area (Å²) in [5.41, 5.74) is 3.63. The quantitative estimate of drug-likeness (QED) is 0.229. The molecule has 0 saturated carbocycles. The normalized spacial score (nSPS) is 15.7. The van der Waals surface area contributed by atoms with Crippen molar-refractivity contribution in [3.8, 4) is 0 Å². The third kappa shape index (κ3) is 4.39. The Balaban J connectivity index is 1.33. The smallest absolute Gasteiger partial charge is 0.326 e. The highest BCUT2D eigenvalue weighted by Crippen LogP contribution is 2.22. The summed E-state index contributed by atoms with van der Waals surface area (Å²) in [7, 11) is 0. The Morgan fingerprint density at radius 1 is 1.00 bits per heavy atom. The molecular weight excluding hydrogens is 444 g/mol. The number of aromatic nitrogens is 2. The number of ketones is 1. The number of para-hydroxylation sites is 2. The minimum absolute atomic E-state index is 0.0747. The van der Waals surface area contributed by atoms with Crippen LogP contribution in [0.5, 0.6) is 0 Å².